The average Bonchev–Trinajstić information content (AvgIpc) is 1.92. The van der Waals surface area contributed by atoms with E-state index < -0.39 is 0 Å². The molecule has 0 spiro atoms. The van der Waals surface area contributed by atoms with Gasteiger partial charge in [0.2, 0.25) is 0 Å². The van der Waals surface area contributed by atoms with E-state index >= 15 is 0 Å². The van der Waals surface area contributed by atoms with Crippen molar-refractivity contribution >= 4 is 0 Å². The average molecular weight is 145 g/mol. The summed E-state index contributed by atoms with van der Waals surface area (Å²) in [6, 6.07) is 0. The third-order valence-electron chi connectivity index (χ3n) is 2.00. The predicted octanol–water partition coefficient (Wildman–Crippen LogP) is 1.28. The molecular formula is C8H19NO. The van der Waals surface area contributed by atoms with Gasteiger partial charge in [0.1, 0.15) is 0 Å². The first kappa shape index (κ1) is 9.92. The van der Waals surface area contributed by atoms with Crippen LogP contribution in [0, 0.1) is 0 Å². The van der Waals surface area contributed by atoms with Crippen LogP contribution in [0.5, 0.6) is 0 Å². The van der Waals surface area contributed by atoms with Crippen molar-refractivity contribution in [3.05, 3.63) is 0 Å². The fourth-order valence-corrected chi connectivity index (χ4v) is 1.36. The van der Waals surface area contributed by atoms with Crippen molar-refractivity contribution in [2.45, 2.75) is 44.6 Å². The van der Waals surface area contributed by atoms with E-state index in [9.17, 15) is 0 Å². The number of aliphatic hydroxyl groups excluding tert-OH is 1. The minimum Gasteiger partial charge on any atom is -0.400 e. The van der Waals surface area contributed by atoms with Gasteiger partial charge >= 0.3 is 0 Å². The van der Waals surface area contributed by atoms with E-state index in [1.165, 1.54) is 32.1 Å². The Morgan fingerprint density at radius 3 is 1.70 bits per heavy atom. The lowest BCUT2D eigenvalue weighted by Gasteiger charge is -2.28. The third-order valence-corrected chi connectivity index (χ3v) is 2.00. The molecule has 1 aliphatic rings. The van der Waals surface area contributed by atoms with Gasteiger partial charge in [0.05, 0.1) is 0 Å². The van der Waals surface area contributed by atoms with Crippen LogP contribution in [-0.4, -0.2) is 17.8 Å². The number of nitrogens with two attached hydrogens (primary N) is 1. The predicted molar refractivity (Wildman–Crippen MR) is 43.8 cm³/mol. The summed E-state index contributed by atoms with van der Waals surface area (Å²) in [6.07, 6.45) is 6.53. The molecule has 0 unspecified atom stereocenters. The maximum atomic E-state index is 7.00. The lowest BCUT2D eigenvalue weighted by molar-refractivity contribution is 0.322. The van der Waals surface area contributed by atoms with Crippen LogP contribution in [0.3, 0.4) is 0 Å². The van der Waals surface area contributed by atoms with E-state index in [4.69, 9.17) is 10.8 Å². The number of aliphatic hydroxyl groups is 1. The molecule has 10 heavy (non-hydrogen) atoms. The largest absolute Gasteiger partial charge is 0.400 e. The van der Waals surface area contributed by atoms with Gasteiger partial charge in [0.15, 0.2) is 0 Å². The standard InChI is InChI=1S/C7H15N.CH4O/c1-7(8)5-3-2-4-6-7;1-2/h2-6,8H2,1H3;2H,1H3. The van der Waals surface area contributed by atoms with E-state index in [1.807, 2.05) is 0 Å². The molecule has 62 valence electrons. The van der Waals surface area contributed by atoms with Crippen LogP contribution in [0.4, 0.5) is 0 Å². The number of hydrogen-bond donors (Lipinski definition) is 2. The molecule has 0 aromatic heterocycles. The van der Waals surface area contributed by atoms with Crippen molar-refractivity contribution in [3.63, 3.8) is 0 Å². The van der Waals surface area contributed by atoms with Crippen LogP contribution in [0.1, 0.15) is 39.0 Å². The van der Waals surface area contributed by atoms with Crippen LogP contribution in [0.2, 0.25) is 0 Å². The van der Waals surface area contributed by atoms with E-state index in [1.54, 1.807) is 0 Å². The number of rotatable bonds is 0. The molecule has 0 amide bonds. The lowest BCUT2D eigenvalue weighted by Crippen LogP contribution is -2.37. The number of hydrogen-bond acceptors (Lipinski definition) is 2. The molecule has 0 aromatic rings. The summed E-state index contributed by atoms with van der Waals surface area (Å²) in [6.45, 7) is 2.16. The SMILES string of the molecule is CC1(N)CCCCC1.CO. The van der Waals surface area contributed by atoms with E-state index in [0.29, 0.717) is 0 Å². The first-order valence-corrected chi connectivity index (χ1v) is 3.94. The van der Waals surface area contributed by atoms with Gasteiger partial charge in [-0.3, -0.25) is 0 Å². The smallest absolute Gasteiger partial charge is 0.0319 e. The third kappa shape index (κ3) is 3.85. The molecule has 0 radical (unpaired) electrons. The van der Waals surface area contributed by atoms with Gasteiger partial charge in [-0.25, -0.2) is 0 Å². The van der Waals surface area contributed by atoms with Gasteiger partial charge < -0.3 is 10.8 Å². The Balaban J connectivity index is 0.000000371. The molecule has 0 aliphatic heterocycles. The Kier molecular flexibility index (Phi) is 4.65. The Morgan fingerprint density at radius 1 is 1.10 bits per heavy atom. The summed E-state index contributed by atoms with van der Waals surface area (Å²) in [4.78, 5) is 0. The van der Waals surface area contributed by atoms with Crippen molar-refractivity contribution in [1.29, 1.82) is 0 Å². The highest BCUT2D eigenvalue weighted by Gasteiger charge is 2.20. The monoisotopic (exact) mass is 145 g/mol. The zero-order valence-corrected chi connectivity index (χ0v) is 7.06. The fraction of sp³-hybridized carbons (Fsp3) is 1.00. The van der Waals surface area contributed by atoms with Gasteiger partial charge in [-0.1, -0.05) is 19.3 Å². The first-order valence-electron chi connectivity index (χ1n) is 3.94. The summed E-state index contributed by atoms with van der Waals surface area (Å²) in [5.74, 6) is 0. The second-order valence-corrected chi connectivity index (χ2v) is 3.21. The van der Waals surface area contributed by atoms with E-state index in [2.05, 4.69) is 6.92 Å². The lowest BCUT2D eigenvalue weighted by atomic mass is 9.84. The molecule has 1 saturated carbocycles. The van der Waals surface area contributed by atoms with Crippen molar-refractivity contribution in [1.82, 2.24) is 0 Å². The minimum atomic E-state index is 0.179. The molecule has 0 heterocycles. The summed E-state index contributed by atoms with van der Waals surface area (Å²) >= 11 is 0. The Morgan fingerprint density at radius 2 is 1.50 bits per heavy atom. The van der Waals surface area contributed by atoms with Crippen LogP contribution < -0.4 is 5.73 Å². The van der Waals surface area contributed by atoms with Crippen LogP contribution >= 0.6 is 0 Å². The Hall–Kier alpha value is -0.0800. The maximum absolute atomic E-state index is 7.00. The summed E-state index contributed by atoms with van der Waals surface area (Å²) in [5, 5.41) is 7.00. The molecule has 0 atom stereocenters. The van der Waals surface area contributed by atoms with E-state index in [-0.39, 0.29) is 5.54 Å². The van der Waals surface area contributed by atoms with Crippen molar-refractivity contribution < 1.29 is 5.11 Å². The molecule has 0 aromatic carbocycles. The molecule has 1 rings (SSSR count). The molecule has 1 aliphatic carbocycles. The van der Waals surface area contributed by atoms with Gasteiger partial charge in [-0.2, -0.15) is 0 Å². The summed E-state index contributed by atoms with van der Waals surface area (Å²) in [5.41, 5.74) is 6.06. The zero-order valence-electron chi connectivity index (χ0n) is 7.06. The van der Waals surface area contributed by atoms with Gasteiger partial charge in [-0.05, 0) is 19.8 Å². The highest BCUT2D eigenvalue weighted by atomic mass is 16.2. The maximum Gasteiger partial charge on any atom is 0.0319 e. The zero-order chi connectivity index (χ0) is 8.04. The van der Waals surface area contributed by atoms with Gasteiger partial charge in [-0.15, -0.1) is 0 Å². The topological polar surface area (TPSA) is 46.2 Å². The van der Waals surface area contributed by atoms with Gasteiger partial charge in [0, 0.05) is 12.6 Å². The molecule has 0 bridgehead atoms. The Labute approximate surface area is 63.4 Å². The van der Waals surface area contributed by atoms with Crippen LogP contribution in [0.15, 0.2) is 0 Å². The first-order chi connectivity index (χ1) is 4.71. The second-order valence-electron chi connectivity index (χ2n) is 3.21. The Bertz CT molecular complexity index is 73.3. The minimum absolute atomic E-state index is 0.179. The van der Waals surface area contributed by atoms with Crippen LogP contribution in [0.25, 0.3) is 0 Å². The molecule has 1 fully saturated rings. The van der Waals surface area contributed by atoms with Crippen molar-refractivity contribution in [2.24, 2.45) is 5.73 Å². The molecule has 0 saturated heterocycles. The van der Waals surface area contributed by atoms with E-state index in [0.717, 1.165) is 7.11 Å². The normalized spacial score (nSPS) is 22.8. The molecule has 3 N–H and O–H groups in total. The quantitative estimate of drug-likeness (QED) is 0.539. The summed E-state index contributed by atoms with van der Waals surface area (Å²) in [7, 11) is 1.00. The highest BCUT2D eigenvalue weighted by molar-refractivity contribution is 4.81. The van der Waals surface area contributed by atoms with Gasteiger partial charge in [0.25, 0.3) is 0 Å². The second kappa shape index (κ2) is 4.69. The summed E-state index contributed by atoms with van der Waals surface area (Å²) < 4.78 is 0. The van der Waals surface area contributed by atoms with Crippen LogP contribution in [-0.2, 0) is 0 Å². The fourth-order valence-electron chi connectivity index (χ4n) is 1.36. The van der Waals surface area contributed by atoms with Crippen molar-refractivity contribution in [2.75, 3.05) is 7.11 Å². The highest BCUT2D eigenvalue weighted by Crippen LogP contribution is 2.24. The molecular weight excluding hydrogens is 126 g/mol. The molecule has 2 heteroatoms. The van der Waals surface area contributed by atoms with Crippen molar-refractivity contribution in [3.8, 4) is 0 Å². The molecule has 2 nitrogen and oxygen atoms in total.